The van der Waals surface area contributed by atoms with Crippen molar-refractivity contribution in [2.75, 3.05) is 40.9 Å². The van der Waals surface area contributed by atoms with Crippen LogP contribution in [0.2, 0.25) is 0 Å². The highest BCUT2D eigenvalue weighted by Gasteiger charge is 2.25. The molecule has 1 aliphatic heterocycles. The molecule has 122 valence electrons. The van der Waals surface area contributed by atoms with Gasteiger partial charge in [0.1, 0.15) is 0 Å². The van der Waals surface area contributed by atoms with Crippen LogP contribution >= 0.6 is 0 Å². The molecule has 22 heavy (non-hydrogen) atoms. The number of amides is 2. The fraction of sp³-hybridized carbons (Fsp3) is 0.562. The number of hydrogen-bond donors (Lipinski definition) is 1. The van der Waals surface area contributed by atoms with Crippen LogP contribution < -0.4 is 14.8 Å². The van der Waals surface area contributed by atoms with E-state index in [9.17, 15) is 4.79 Å². The van der Waals surface area contributed by atoms with Gasteiger partial charge in [0.2, 0.25) is 0 Å². The lowest BCUT2D eigenvalue weighted by atomic mass is 10.2. The van der Waals surface area contributed by atoms with Crippen molar-refractivity contribution in [1.82, 2.24) is 15.1 Å². The van der Waals surface area contributed by atoms with E-state index in [4.69, 9.17) is 9.47 Å². The topological polar surface area (TPSA) is 54.0 Å². The molecule has 0 aliphatic carbocycles. The summed E-state index contributed by atoms with van der Waals surface area (Å²) in [4.78, 5) is 16.4. The Kier molecular flexibility index (Phi) is 5.49. The maximum Gasteiger partial charge on any atom is 0.317 e. The van der Waals surface area contributed by atoms with Gasteiger partial charge in [0.25, 0.3) is 0 Å². The molecule has 0 unspecified atom stereocenters. The summed E-state index contributed by atoms with van der Waals surface area (Å²) in [6.45, 7) is 5.12. The Morgan fingerprint density at radius 2 is 2.00 bits per heavy atom. The first kappa shape index (κ1) is 16.4. The minimum Gasteiger partial charge on any atom is -0.493 e. The summed E-state index contributed by atoms with van der Waals surface area (Å²) in [5, 5.41) is 2.97. The van der Waals surface area contributed by atoms with E-state index < -0.39 is 0 Å². The molecule has 1 atom stereocenters. The van der Waals surface area contributed by atoms with Crippen LogP contribution in [0.1, 0.15) is 12.5 Å². The minimum absolute atomic E-state index is 0.0182. The number of hydrogen-bond acceptors (Lipinski definition) is 4. The van der Waals surface area contributed by atoms with E-state index in [1.165, 1.54) is 0 Å². The molecule has 0 radical (unpaired) electrons. The van der Waals surface area contributed by atoms with Crippen LogP contribution in [-0.4, -0.2) is 62.8 Å². The fourth-order valence-corrected chi connectivity index (χ4v) is 2.71. The maximum absolute atomic E-state index is 12.3. The molecule has 6 heteroatoms. The lowest BCUT2D eigenvalue weighted by Crippen LogP contribution is -2.55. The van der Waals surface area contributed by atoms with Crippen LogP contribution in [0.25, 0.3) is 0 Å². The molecular weight excluding hydrogens is 282 g/mol. The Morgan fingerprint density at radius 1 is 1.27 bits per heavy atom. The third-order valence-corrected chi connectivity index (χ3v) is 3.98. The average Bonchev–Trinajstić information content (AvgIpc) is 2.52. The van der Waals surface area contributed by atoms with Crippen molar-refractivity contribution in [2.45, 2.75) is 19.5 Å². The van der Waals surface area contributed by atoms with Crippen molar-refractivity contribution >= 4 is 6.03 Å². The number of carbonyl (C=O) groups excluding carboxylic acids is 1. The molecule has 0 bridgehead atoms. The molecule has 1 aromatic rings. The van der Waals surface area contributed by atoms with E-state index in [-0.39, 0.29) is 12.1 Å². The number of rotatable bonds is 4. The molecule has 2 rings (SSSR count). The number of nitrogens with one attached hydrogen (secondary N) is 1. The minimum atomic E-state index is -0.0182. The molecular formula is C16H25N3O3. The van der Waals surface area contributed by atoms with Crippen LogP contribution in [0, 0.1) is 0 Å². The zero-order chi connectivity index (χ0) is 16.1. The van der Waals surface area contributed by atoms with Crippen LogP contribution in [0.4, 0.5) is 4.79 Å². The molecule has 2 amide bonds. The average molecular weight is 307 g/mol. The van der Waals surface area contributed by atoms with Gasteiger partial charge in [0, 0.05) is 32.2 Å². The first-order chi connectivity index (χ1) is 10.5. The highest BCUT2D eigenvalue weighted by atomic mass is 16.5. The van der Waals surface area contributed by atoms with Crippen molar-refractivity contribution in [3.63, 3.8) is 0 Å². The zero-order valence-corrected chi connectivity index (χ0v) is 13.8. The van der Waals surface area contributed by atoms with Crippen molar-refractivity contribution in [2.24, 2.45) is 0 Å². The predicted octanol–water partition coefficient (Wildman–Crippen LogP) is 1.55. The van der Waals surface area contributed by atoms with E-state index in [2.05, 4.69) is 24.2 Å². The van der Waals surface area contributed by atoms with Crippen molar-refractivity contribution < 1.29 is 14.3 Å². The standard InChI is InChI=1S/C16H25N3O3/c1-12-11-18(2)7-8-19(12)16(20)17-10-13-5-6-14(21-3)15(9-13)22-4/h5-6,9,12H,7-8,10-11H2,1-4H3,(H,17,20)/t12-/m0/s1. The smallest absolute Gasteiger partial charge is 0.317 e. The van der Waals surface area contributed by atoms with E-state index in [1.807, 2.05) is 23.1 Å². The highest BCUT2D eigenvalue weighted by Crippen LogP contribution is 2.27. The Labute approximate surface area is 132 Å². The second kappa shape index (κ2) is 7.35. The summed E-state index contributed by atoms with van der Waals surface area (Å²) in [5.41, 5.74) is 0.979. The normalized spacial score (nSPS) is 18.9. The summed E-state index contributed by atoms with van der Waals surface area (Å²) in [7, 11) is 5.29. The Bertz CT molecular complexity index is 521. The Balaban J connectivity index is 1.93. The van der Waals surface area contributed by atoms with Crippen LogP contribution in [-0.2, 0) is 6.54 Å². The molecule has 1 N–H and O–H groups in total. The molecule has 1 aliphatic rings. The molecule has 1 aromatic carbocycles. The zero-order valence-electron chi connectivity index (χ0n) is 13.8. The van der Waals surface area contributed by atoms with Crippen LogP contribution in [0.15, 0.2) is 18.2 Å². The van der Waals surface area contributed by atoms with Gasteiger partial charge in [-0.1, -0.05) is 6.07 Å². The molecule has 1 saturated heterocycles. The predicted molar refractivity (Wildman–Crippen MR) is 85.4 cm³/mol. The third kappa shape index (κ3) is 3.82. The third-order valence-electron chi connectivity index (χ3n) is 3.98. The van der Waals surface area contributed by atoms with Gasteiger partial charge < -0.3 is 24.6 Å². The van der Waals surface area contributed by atoms with Gasteiger partial charge >= 0.3 is 6.03 Å². The lowest BCUT2D eigenvalue weighted by Gasteiger charge is -2.38. The van der Waals surface area contributed by atoms with Crippen molar-refractivity contribution in [3.8, 4) is 11.5 Å². The van der Waals surface area contributed by atoms with Gasteiger partial charge in [-0.05, 0) is 31.7 Å². The van der Waals surface area contributed by atoms with Gasteiger partial charge in [-0.3, -0.25) is 0 Å². The quantitative estimate of drug-likeness (QED) is 0.917. The fourth-order valence-electron chi connectivity index (χ4n) is 2.71. The second-order valence-electron chi connectivity index (χ2n) is 5.65. The Hall–Kier alpha value is -1.95. The number of methoxy groups -OCH3 is 2. The van der Waals surface area contributed by atoms with E-state index >= 15 is 0 Å². The monoisotopic (exact) mass is 307 g/mol. The summed E-state index contributed by atoms with van der Waals surface area (Å²) < 4.78 is 10.5. The number of nitrogens with zero attached hydrogens (tertiary/aromatic N) is 2. The van der Waals surface area contributed by atoms with Gasteiger partial charge in [-0.2, -0.15) is 0 Å². The van der Waals surface area contributed by atoms with E-state index in [0.717, 1.165) is 25.2 Å². The number of piperazine rings is 1. The van der Waals surface area contributed by atoms with Gasteiger partial charge in [-0.25, -0.2) is 4.79 Å². The molecule has 6 nitrogen and oxygen atoms in total. The highest BCUT2D eigenvalue weighted by molar-refractivity contribution is 5.74. The number of likely N-dealkylation sites (N-methyl/N-ethyl adjacent to an activating group) is 1. The summed E-state index contributed by atoms with van der Waals surface area (Å²) in [5.74, 6) is 1.35. The van der Waals surface area contributed by atoms with Crippen LogP contribution in [0.3, 0.4) is 0 Å². The molecule has 0 saturated carbocycles. The second-order valence-corrected chi connectivity index (χ2v) is 5.65. The first-order valence-electron chi connectivity index (χ1n) is 7.49. The van der Waals surface area contributed by atoms with E-state index in [0.29, 0.717) is 18.0 Å². The molecule has 1 fully saturated rings. The molecule has 0 aromatic heterocycles. The van der Waals surface area contributed by atoms with E-state index in [1.54, 1.807) is 14.2 Å². The van der Waals surface area contributed by atoms with Gasteiger partial charge in [0.05, 0.1) is 14.2 Å². The molecule has 0 spiro atoms. The molecule has 1 heterocycles. The van der Waals surface area contributed by atoms with Crippen molar-refractivity contribution in [1.29, 1.82) is 0 Å². The number of ether oxygens (including phenoxy) is 2. The maximum atomic E-state index is 12.3. The van der Waals surface area contributed by atoms with Crippen LogP contribution in [0.5, 0.6) is 11.5 Å². The SMILES string of the molecule is COc1ccc(CNC(=O)N2CCN(C)C[C@@H]2C)cc1OC. The lowest BCUT2D eigenvalue weighted by molar-refractivity contribution is 0.116. The Morgan fingerprint density at radius 3 is 2.64 bits per heavy atom. The van der Waals surface area contributed by atoms with Crippen molar-refractivity contribution in [3.05, 3.63) is 23.8 Å². The summed E-state index contributed by atoms with van der Waals surface area (Å²) >= 11 is 0. The summed E-state index contributed by atoms with van der Waals surface area (Å²) in [6, 6.07) is 5.86. The number of urea groups is 1. The first-order valence-corrected chi connectivity index (χ1v) is 7.49. The summed E-state index contributed by atoms with van der Waals surface area (Å²) in [6.07, 6.45) is 0. The van der Waals surface area contributed by atoms with Gasteiger partial charge in [0.15, 0.2) is 11.5 Å². The number of benzene rings is 1. The van der Waals surface area contributed by atoms with Gasteiger partial charge in [-0.15, -0.1) is 0 Å². The number of carbonyl (C=O) groups is 1. The largest absolute Gasteiger partial charge is 0.493 e.